The van der Waals surface area contributed by atoms with Crippen LogP contribution in [0.1, 0.15) is 61.4 Å². The van der Waals surface area contributed by atoms with Gasteiger partial charge in [-0.15, -0.1) is 0 Å². The number of rotatable bonds is 6. The third-order valence-electron chi connectivity index (χ3n) is 4.41. The van der Waals surface area contributed by atoms with Crippen molar-refractivity contribution in [1.82, 2.24) is 5.01 Å². The summed E-state index contributed by atoms with van der Waals surface area (Å²) in [6.45, 7) is 3.67. The van der Waals surface area contributed by atoms with Crippen LogP contribution in [0.3, 0.4) is 0 Å². The zero-order valence-corrected chi connectivity index (χ0v) is 15.5. The standard InChI is InChI=1S/C18H22ClF3N2O2/c1-3-4-5-6-7-14-11-17(26,18(20,21)22)24(23-14)16(25)13-8-9-15(19)12(2)10-13/h8-10,26H,3-7,11H2,1-2H3/t17-/m1/s1. The number of nitrogens with zero attached hydrogens (tertiary/aromatic N) is 2. The van der Waals surface area contributed by atoms with E-state index in [1.807, 2.05) is 6.92 Å². The monoisotopic (exact) mass is 390 g/mol. The van der Waals surface area contributed by atoms with E-state index in [2.05, 4.69) is 5.10 Å². The van der Waals surface area contributed by atoms with Crippen LogP contribution in [0.25, 0.3) is 0 Å². The van der Waals surface area contributed by atoms with Gasteiger partial charge in [0.2, 0.25) is 0 Å². The molecule has 0 radical (unpaired) electrons. The molecule has 1 heterocycles. The van der Waals surface area contributed by atoms with Gasteiger partial charge in [-0.1, -0.05) is 37.8 Å². The number of carbonyl (C=O) groups is 1. The Morgan fingerprint density at radius 1 is 1.35 bits per heavy atom. The molecule has 1 amide bonds. The van der Waals surface area contributed by atoms with E-state index in [0.717, 1.165) is 19.3 Å². The Morgan fingerprint density at radius 3 is 2.62 bits per heavy atom. The van der Waals surface area contributed by atoms with Gasteiger partial charge in [0, 0.05) is 22.7 Å². The number of hydrazone groups is 1. The number of unbranched alkanes of at least 4 members (excludes halogenated alkanes) is 3. The maximum atomic E-state index is 13.5. The van der Waals surface area contributed by atoms with E-state index in [1.54, 1.807) is 6.92 Å². The largest absolute Gasteiger partial charge is 0.438 e. The number of halogens is 4. The molecule has 0 fully saturated rings. The lowest BCUT2D eigenvalue weighted by Crippen LogP contribution is -2.56. The first-order valence-corrected chi connectivity index (χ1v) is 8.94. The number of aliphatic hydroxyl groups is 1. The quantitative estimate of drug-likeness (QED) is 0.689. The first-order valence-electron chi connectivity index (χ1n) is 8.56. The molecule has 0 spiro atoms. The molecule has 0 unspecified atom stereocenters. The third kappa shape index (κ3) is 4.20. The molecular weight excluding hydrogens is 369 g/mol. The Hall–Kier alpha value is -1.60. The van der Waals surface area contributed by atoms with E-state index in [1.165, 1.54) is 18.2 Å². The molecule has 2 rings (SSSR count). The topological polar surface area (TPSA) is 52.9 Å². The second-order valence-corrected chi connectivity index (χ2v) is 6.96. The fraction of sp³-hybridized carbons (Fsp3) is 0.556. The molecule has 8 heteroatoms. The smallest absolute Gasteiger partial charge is 0.362 e. The molecule has 4 nitrogen and oxygen atoms in total. The highest BCUT2D eigenvalue weighted by atomic mass is 35.5. The zero-order valence-electron chi connectivity index (χ0n) is 14.7. The first kappa shape index (κ1) is 20.7. The van der Waals surface area contributed by atoms with Gasteiger partial charge in [0.1, 0.15) is 0 Å². The summed E-state index contributed by atoms with van der Waals surface area (Å²) in [7, 11) is 0. The van der Waals surface area contributed by atoms with Crippen LogP contribution >= 0.6 is 11.6 Å². The molecule has 1 aliphatic heterocycles. The van der Waals surface area contributed by atoms with E-state index in [4.69, 9.17) is 11.6 Å². The number of carbonyl (C=O) groups excluding carboxylic acids is 1. The molecule has 1 aromatic carbocycles. The Balaban J connectivity index is 2.28. The number of aryl methyl sites for hydroxylation is 1. The summed E-state index contributed by atoms with van der Waals surface area (Å²) in [5.41, 5.74) is -2.60. The second kappa shape index (κ2) is 7.96. The molecule has 0 aliphatic carbocycles. The normalized spacial score (nSPS) is 20.4. The van der Waals surface area contributed by atoms with Gasteiger partial charge in [0.25, 0.3) is 11.6 Å². The average molecular weight is 391 g/mol. The summed E-state index contributed by atoms with van der Waals surface area (Å²) in [6, 6.07) is 4.14. The minimum absolute atomic E-state index is 0.00874. The highest BCUT2D eigenvalue weighted by Gasteiger charge is 2.63. The van der Waals surface area contributed by atoms with Crippen LogP contribution in [-0.4, -0.2) is 33.6 Å². The van der Waals surface area contributed by atoms with Crippen molar-refractivity contribution in [3.8, 4) is 0 Å². The van der Waals surface area contributed by atoms with Crippen LogP contribution in [0.4, 0.5) is 13.2 Å². The molecule has 0 saturated carbocycles. The minimum Gasteiger partial charge on any atom is -0.362 e. The molecule has 144 valence electrons. The van der Waals surface area contributed by atoms with Crippen molar-refractivity contribution < 1.29 is 23.1 Å². The second-order valence-electron chi connectivity index (χ2n) is 6.55. The first-order chi connectivity index (χ1) is 12.1. The molecule has 26 heavy (non-hydrogen) atoms. The predicted molar refractivity (Wildman–Crippen MR) is 94.2 cm³/mol. The summed E-state index contributed by atoms with van der Waals surface area (Å²) in [5, 5.41) is 14.7. The molecule has 1 aromatic rings. The molecule has 0 saturated heterocycles. The van der Waals surface area contributed by atoms with Crippen molar-refractivity contribution in [2.24, 2.45) is 5.10 Å². The van der Waals surface area contributed by atoms with E-state index >= 15 is 0 Å². The van der Waals surface area contributed by atoms with Gasteiger partial charge in [-0.05, 0) is 43.5 Å². The molecule has 0 bridgehead atoms. The number of benzene rings is 1. The van der Waals surface area contributed by atoms with Crippen LogP contribution in [0, 0.1) is 6.92 Å². The molecule has 1 N–H and O–H groups in total. The number of amides is 1. The lowest BCUT2D eigenvalue weighted by molar-refractivity contribution is -0.297. The lowest BCUT2D eigenvalue weighted by Gasteiger charge is -2.32. The highest BCUT2D eigenvalue weighted by Crippen LogP contribution is 2.41. The summed E-state index contributed by atoms with van der Waals surface area (Å²) < 4.78 is 40.5. The fourth-order valence-electron chi connectivity index (χ4n) is 2.85. The van der Waals surface area contributed by atoms with E-state index in [-0.39, 0.29) is 16.3 Å². The van der Waals surface area contributed by atoms with Crippen molar-refractivity contribution >= 4 is 23.2 Å². The summed E-state index contributed by atoms with van der Waals surface area (Å²) >= 11 is 5.90. The predicted octanol–water partition coefficient (Wildman–Crippen LogP) is 5.07. The van der Waals surface area contributed by atoms with Gasteiger partial charge in [0.05, 0.1) is 0 Å². The van der Waals surface area contributed by atoms with Crippen molar-refractivity contribution in [1.29, 1.82) is 0 Å². The summed E-state index contributed by atoms with van der Waals surface area (Å²) in [6.07, 6.45) is -1.91. The maximum Gasteiger partial charge on any atom is 0.438 e. The molecule has 0 aromatic heterocycles. The highest BCUT2D eigenvalue weighted by molar-refractivity contribution is 6.31. The minimum atomic E-state index is -5.02. The van der Waals surface area contributed by atoms with E-state index in [9.17, 15) is 23.1 Å². The van der Waals surface area contributed by atoms with Crippen molar-refractivity contribution in [2.75, 3.05) is 0 Å². The van der Waals surface area contributed by atoms with Gasteiger partial charge in [-0.25, -0.2) is 0 Å². The van der Waals surface area contributed by atoms with Crippen LogP contribution in [0.5, 0.6) is 0 Å². The Labute approximate surface area is 155 Å². The summed E-state index contributed by atoms with van der Waals surface area (Å²) in [4.78, 5) is 12.6. The van der Waals surface area contributed by atoms with Crippen LogP contribution in [0.15, 0.2) is 23.3 Å². The summed E-state index contributed by atoms with van der Waals surface area (Å²) in [5.74, 6) is -1.01. The Morgan fingerprint density at radius 2 is 2.04 bits per heavy atom. The maximum absolute atomic E-state index is 13.5. The number of alkyl halides is 3. The third-order valence-corrected chi connectivity index (χ3v) is 4.84. The van der Waals surface area contributed by atoms with Crippen LogP contribution in [-0.2, 0) is 0 Å². The number of hydrogen-bond donors (Lipinski definition) is 1. The van der Waals surface area contributed by atoms with Crippen LogP contribution < -0.4 is 0 Å². The Bertz CT molecular complexity index is 706. The van der Waals surface area contributed by atoms with Gasteiger partial charge >= 0.3 is 6.18 Å². The number of hydrogen-bond acceptors (Lipinski definition) is 3. The van der Waals surface area contributed by atoms with Gasteiger partial charge in [-0.3, -0.25) is 4.79 Å². The van der Waals surface area contributed by atoms with E-state index < -0.39 is 24.2 Å². The lowest BCUT2D eigenvalue weighted by atomic mass is 10.0. The van der Waals surface area contributed by atoms with Gasteiger partial charge < -0.3 is 5.11 Å². The van der Waals surface area contributed by atoms with E-state index in [0.29, 0.717) is 23.4 Å². The Kier molecular flexibility index (Phi) is 6.34. The van der Waals surface area contributed by atoms with Crippen molar-refractivity contribution in [3.63, 3.8) is 0 Å². The van der Waals surface area contributed by atoms with Crippen molar-refractivity contribution in [2.45, 2.75) is 64.3 Å². The zero-order chi connectivity index (χ0) is 19.5. The SMILES string of the molecule is CCCCCCC1=NN(C(=O)c2ccc(Cl)c(C)c2)[C@](O)(C(F)(F)F)C1. The van der Waals surface area contributed by atoms with Crippen molar-refractivity contribution in [3.05, 3.63) is 34.3 Å². The van der Waals surface area contributed by atoms with Crippen LogP contribution in [0.2, 0.25) is 5.02 Å². The molecule has 1 aliphatic rings. The van der Waals surface area contributed by atoms with Gasteiger partial charge in [0.15, 0.2) is 0 Å². The average Bonchev–Trinajstić information content (AvgIpc) is 2.91. The molecular formula is C18H22ClF3N2O2. The molecule has 1 atom stereocenters. The fourth-order valence-corrected chi connectivity index (χ4v) is 2.96. The van der Waals surface area contributed by atoms with Gasteiger partial charge in [-0.2, -0.15) is 23.3 Å².